The Bertz CT molecular complexity index is 1400. The normalized spacial score (nSPS) is 13.3. The average Bonchev–Trinajstić information content (AvgIpc) is 3.10. The molecule has 0 saturated carbocycles. The van der Waals surface area contributed by atoms with Gasteiger partial charge in [-0.3, -0.25) is 9.59 Å². The number of hydrogen-bond donors (Lipinski definition) is 1. The van der Waals surface area contributed by atoms with Gasteiger partial charge >= 0.3 is 5.97 Å². The second kappa shape index (κ2) is 8.28. The number of carbonyl (C=O) groups excluding carboxylic acids is 1. The van der Waals surface area contributed by atoms with Crippen molar-refractivity contribution in [1.29, 1.82) is 0 Å². The maximum absolute atomic E-state index is 13.8. The van der Waals surface area contributed by atoms with E-state index in [4.69, 9.17) is 4.74 Å². The number of amides is 1. The Morgan fingerprint density at radius 2 is 1.88 bits per heavy atom. The van der Waals surface area contributed by atoms with Crippen molar-refractivity contribution in [2.75, 3.05) is 13.2 Å². The first-order chi connectivity index (χ1) is 16.0. The topological polar surface area (TPSA) is 71.8 Å². The van der Waals surface area contributed by atoms with E-state index < -0.39 is 5.97 Å². The van der Waals surface area contributed by atoms with Crippen molar-refractivity contribution in [2.45, 2.75) is 33.4 Å². The van der Waals surface area contributed by atoms with Crippen molar-refractivity contribution in [3.63, 3.8) is 0 Å². The number of ether oxygens (including phenoxy) is 1. The number of rotatable bonds is 5. The smallest absolute Gasteiger partial charge is 0.323 e. The summed E-state index contributed by atoms with van der Waals surface area (Å²) >= 11 is 0. The Morgan fingerprint density at radius 1 is 1.06 bits per heavy atom. The third kappa shape index (κ3) is 3.61. The van der Waals surface area contributed by atoms with Gasteiger partial charge < -0.3 is 19.3 Å². The third-order valence-corrected chi connectivity index (χ3v) is 6.40. The summed E-state index contributed by atoms with van der Waals surface area (Å²) in [4.78, 5) is 27.3. The third-order valence-electron chi connectivity index (χ3n) is 6.40. The van der Waals surface area contributed by atoms with Crippen LogP contribution in [0, 0.1) is 6.92 Å². The molecule has 1 N–H and O–H groups in total. The monoisotopic (exact) mass is 442 g/mol. The summed E-state index contributed by atoms with van der Waals surface area (Å²) in [6.07, 6.45) is 0.608. The number of carboxylic acid groups (broad SMARTS) is 1. The fourth-order valence-electron chi connectivity index (χ4n) is 4.95. The van der Waals surface area contributed by atoms with E-state index in [1.807, 2.05) is 77.9 Å². The summed E-state index contributed by atoms with van der Waals surface area (Å²) in [6.45, 7) is 5.27. The Morgan fingerprint density at radius 3 is 2.67 bits per heavy atom. The van der Waals surface area contributed by atoms with E-state index >= 15 is 0 Å². The van der Waals surface area contributed by atoms with Crippen LogP contribution in [0.1, 0.15) is 34.1 Å². The molecule has 3 aromatic carbocycles. The minimum absolute atomic E-state index is 0.0628. The molecule has 6 heteroatoms. The summed E-state index contributed by atoms with van der Waals surface area (Å²) in [7, 11) is 0. The van der Waals surface area contributed by atoms with Crippen LogP contribution in [0.15, 0.2) is 54.6 Å². The standard InChI is InChI=1S/C27H26N2O4/c1-3-33-24-11-9-18-6-4-5-7-19(18)26(24)27(32)28-13-12-22-21(15-28)20-10-8-17(2)14-23(20)29(22)16-25(30)31/h4-11,14H,3,12-13,15-16H2,1-2H3,(H,30,31). The minimum atomic E-state index is -0.869. The molecule has 168 valence electrons. The first-order valence-electron chi connectivity index (χ1n) is 11.2. The summed E-state index contributed by atoms with van der Waals surface area (Å²) in [5.74, 6) is -0.338. The quantitative estimate of drug-likeness (QED) is 0.483. The van der Waals surface area contributed by atoms with Crippen molar-refractivity contribution >= 4 is 33.6 Å². The molecule has 1 aromatic heterocycles. The molecule has 5 rings (SSSR count). The largest absolute Gasteiger partial charge is 0.493 e. The maximum atomic E-state index is 13.8. The second-order valence-corrected chi connectivity index (χ2v) is 8.50. The predicted molar refractivity (Wildman–Crippen MR) is 128 cm³/mol. The first kappa shape index (κ1) is 21.1. The van der Waals surface area contributed by atoms with Gasteiger partial charge in [0.25, 0.3) is 5.91 Å². The fraction of sp³-hybridized carbons (Fsp3) is 0.259. The van der Waals surface area contributed by atoms with Crippen LogP contribution in [0.2, 0.25) is 0 Å². The van der Waals surface area contributed by atoms with Crippen LogP contribution in [0.25, 0.3) is 21.7 Å². The molecule has 2 heterocycles. The van der Waals surface area contributed by atoms with Crippen molar-refractivity contribution in [2.24, 2.45) is 0 Å². The molecule has 1 aliphatic heterocycles. The van der Waals surface area contributed by atoms with Gasteiger partial charge in [-0.05, 0) is 42.3 Å². The Labute approximate surface area is 192 Å². The zero-order valence-electron chi connectivity index (χ0n) is 18.8. The van der Waals surface area contributed by atoms with Gasteiger partial charge in [-0.15, -0.1) is 0 Å². The molecule has 0 aliphatic carbocycles. The van der Waals surface area contributed by atoms with Crippen molar-refractivity contribution in [1.82, 2.24) is 9.47 Å². The van der Waals surface area contributed by atoms with Gasteiger partial charge in [0.15, 0.2) is 0 Å². The number of nitrogens with zero attached hydrogens (tertiary/aromatic N) is 2. The lowest BCUT2D eigenvalue weighted by Crippen LogP contribution is -2.36. The molecule has 0 unspecified atom stereocenters. The lowest BCUT2D eigenvalue weighted by molar-refractivity contribution is -0.137. The number of hydrogen-bond acceptors (Lipinski definition) is 3. The predicted octanol–water partition coefficient (Wildman–Crippen LogP) is 4.78. The molecule has 4 aromatic rings. The molecule has 0 saturated heterocycles. The summed E-state index contributed by atoms with van der Waals surface area (Å²) in [5.41, 5.74) is 4.61. The van der Waals surface area contributed by atoms with Gasteiger partial charge in [-0.1, -0.05) is 42.5 Å². The van der Waals surface area contributed by atoms with E-state index in [0.29, 0.717) is 37.4 Å². The van der Waals surface area contributed by atoms with Gasteiger partial charge in [0.1, 0.15) is 12.3 Å². The van der Waals surface area contributed by atoms with Crippen LogP contribution in [-0.4, -0.2) is 39.6 Å². The SMILES string of the molecule is CCOc1ccc2ccccc2c1C(=O)N1CCc2c(c3ccc(C)cc3n2CC(=O)O)C1. The van der Waals surface area contributed by atoms with Crippen LogP contribution >= 0.6 is 0 Å². The van der Waals surface area contributed by atoms with Crippen LogP contribution < -0.4 is 4.74 Å². The van der Waals surface area contributed by atoms with Crippen LogP contribution in [0.4, 0.5) is 0 Å². The summed E-state index contributed by atoms with van der Waals surface area (Å²) < 4.78 is 7.74. The first-order valence-corrected chi connectivity index (χ1v) is 11.2. The lowest BCUT2D eigenvalue weighted by atomic mass is 9.99. The molecule has 33 heavy (non-hydrogen) atoms. The Hall–Kier alpha value is -3.80. The second-order valence-electron chi connectivity index (χ2n) is 8.50. The number of aryl methyl sites for hydroxylation is 1. The Balaban J connectivity index is 1.59. The summed E-state index contributed by atoms with van der Waals surface area (Å²) in [6, 6.07) is 17.8. The fourth-order valence-corrected chi connectivity index (χ4v) is 4.95. The zero-order valence-corrected chi connectivity index (χ0v) is 18.8. The van der Waals surface area contributed by atoms with E-state index in [1.54, 1.807) is 0 Å². The van der Waals surface area contributed by atoms with Gasteiger partial charge in [0.2, 0.25) is 0 Å². The van der Waals surface area contributed by atoms with Crippen molar-refractivity contribution < 1.29 is 19.4 Å². The highest BCUT2D eigenvalue weighted by atomic mass is 16.5. The van der Waals surface area contributed by atoms with Crippen LogP contribution in [0.5, 0.6) is 5.75 Å². The molecule has 6 nitrogen and oxygen atoms in total. The van der Waals surface area contributed by atoms with Crippen molar-refractivity contribution in [3.05, 3.63) is 77.0 Å². The van der Waals surface area contributed by atoms with Gasteiger partial charge in [0, 0.05) is 41.7 Å². The summed E-state index contributed by atoms with van der Waals surface area (Å²) in [5, 5.41) is 12.4. The highest BCUT2D eigenvalue weighted by Crippen LogP contribution is 2.35. The van der Waals surface area contributed by atoms with E-state index in [2.05, 4.69) is 0 Å². The highest BCUT2D eigenvalue weighted by Gasteiger charge is 2.30. The molecular formula is C27H26N2O4. The maximum Gasteiger partial charge on any atom is 0.323 e. The minimum Gasteiger partial charge on any atom is -0.493 e. The van der Waals surface area contributed by atoms with E-state index in [-0.39, 0.29) is 12.5 Å². The molecule has 0 atom stereocenters. The Kier molecular flexibility index (Phi) is 5.29. The number of aromatic nitrogens is 1. The van der Waals surface area contributed by atoms with Gasteiger partial charge in [0.05, 0.1) is 12.2 Å². The lowest BCUT2D eigenvalue weighted by Gasteiger charge is -2.29. The van der Waals surface area contributed by atoms with Crippen LogP contribution in [0.3, 0.4) is 0 Å². The number of aliphatic carboxylic acids is 1. The van der Waals surface area contributed by atoms with E-state index in [0.717, 1.165) is 38.5 Å². The highest BCUT2D eigenvalue weighted by molar-refractivity contribution is 6.09. The molecule has 0 fully saturated rings. The van der Waals surface area contributed by atoms with Gasteiger partial charge in [-0.2, -0.15) is 0 Å². The van der Waals surface area contributed by atoms with E-state index in [1.165, 1.54) is 0 Å². The number of carbonyl (C=O) groups is 2. The molecule has 0 radical (unpaired) electrons. The molecule has 0 spiro atoms. The van der Waals surface area contributed by atoms with Crippen molar-refractivity contribution in [3.8, 4) is 5.75 Å². The molecule has 1 aliphatic rings. The average molecular weight is 443 g/mol. The number of fused-ring (bicyclic) bond motifs is 4. The molecule has 0 bridgehead atoms. The number of benzene rings is 3. The van der Waals surface area contributed by atoms with E-state index in [9.17, 15) is 14.7 Å². The molecule has 1 amide bonds. The van der Waals surface area contributed by atoms with Gasteiger partial charge in [-0.25, -0.2) is 0 Å². The number of carboxylic acids is 1. The zero-order chi connectivity index (χ0) is 23.1. The van der Waals surface area contributed by atoms with Crippen LogP contribution in [-0.2, 0) is 24.3 Å². The molecular weight excluding hydrogens is 416 g/mol.